The number of likely N-dealkylation sites (tertiary alicyclic amines) is 1. The first kappa shape index (κ1) is 14.2. The minimum atomic E-state index is -0.854. The monoisotopic (exact) mass is 268 g/mol. The smallest absolute Gasteiger partial charge is 0.326 e. The highest BCUT2D eigenvalue weighted by Gasteiger charge is 2.48. The van der Waals surface area contributed by atoms with E-state index < -0.39 is 12.0 Å². The van der Waals surface area contributed by atoms with E-state index >= 15 is 0 Å². The number of aliphatic carboxylic acids is 1. The van der Waals surface area contributed by atoms with Crippen molar-refractivity contribution in [3.63, 3.8) is 0 Å². The summed E-state index contributed by atoms with van der Waals surface area (Å²) in [5.74, 6) is -0.471. The number of hydrogen-bond donors (Lipinski definition) is 1. The van der Waals surface area contributed by atoms with Crippen molar-refractivity contribution in [2.24, 2.45) is 5.92 Å². The molecule has 2 fully saturated rings. The molecule has 1 saturated heterocycles. The number of carbonyl (C=O) groups is 2. The van der Waals surface area contributed by atoms with Gasteiger partial charge < -0.3 is 14.9 Å². The van der Waals surface area contributed by atoms with E-state index in [1.54, 1.807) is 16.8 Å². The van der Waals surface area contributed by atoms with Gasteiger partial charge in [0.1, 0.15) is 6.04 Å². The molecule has 2 amide bonds. The van der Waals surface area contributed by atoms with E-state index in [-0.39, 0.29) is 12.1 Å². The predicted octanol–water partition coefficient (Wildman–Crippen LogP) is 2.17. The van der Waals surface area contributed by atoms with E-state index in [1.807, 2.05) is 6.92 Å². The molecule has 108 valence electrons. The lowest BCUT2D eigenvalue weighted by Crippen LogP contribution is -2.51. The lowest BCUT2D eigenvalue weighted by molar-refractivity contribution is -0.141. The van der Waals surface area contributed by atoms with Crippen LogP contribution in [-0.2, 0) is 4.79 Å². The van der Waals surface area contributed by atoms with Crippen LogP contribution in [0.2, 0.25) is 0 Å². The Morgan fingerprint density at radius 2 is 2.00 bits per heavy atom. The Hall–Kier alpha value is -1.26. The zero-order chi connectivity index (χ0) is 14.0. The third-order valence-electron chi connectivity index (χ3n) is 4.48. The van der Waals surface area contributed by atoms with Crippen LogP contribution in [-0.4, -0.2) is 52.6 Å². The zero-order valence-electron chi connectivity index (χ0n) is 11.8. The Bertz CT molecular complexity index is 359. The fraction of sp³-hybridized carbons (Fsp3) is 0.857. The summed E-state index contributed by atoms with van der Waals surface area (Å²) in [7, 11) is 1.76. The van der Waals surface area contributed by atoms with Crippen LogP contribution >= 0.6 is 0 Å². The zero-order valence-corrected chi connectivity index (χ0v) is 11.8. The average Bonchev–Trinajstić information content (AvgIpc) is 2.77. The summed E-state index contributed by atoms with van der Waals surface area (Å²) < 4.78 is 0. The van der Waals surface area contributed by atoms with Gasteiger partial charge in [0.2, 0.25) is 0 Å². The molecular formula is C14H24N2O3. The van der Waals surface area contributed by atoms with Crippen LogP contribution in [0.4, 0.5) is 4.79 Å². The molecule has 0 bridgehead atoms. The summed E-state index contributed by atoms with van der Waals surface area (Å²) in [5, 5.41) is 9.38. The summed E-state index contributed by atoms with van der Waals surface area (Å²) >= 11 is 0. The summed E-state index contributed by atoms with van der Waals surface area (Å²) in [5.41, 5.74) is 0. The highest BCUT2D eigenvalue weighted by Crippen LogP contribution is 2.40. The molecule has 2 rings (SSSR count). The van der Waals surface area contributed by atoms with E-state index in [2.05, 4.69) is 0 Å². The van der Waals surface area contributed by atoms with E-state index in [0.29, 0.717) is 18.9 Å². The molecule has 0 aromatic heterocycles. The lowest BCUT2D eigenvalue weighted by Gasteiger charge is -2.35. The Labute approximate surface area is 114 Å². The molecule has 1 aliphatic heterocycles. The number of carboxylic acid groups (broad SMARTS) is 1. The number of carboxylic acids is 1. The summed E-state index contributed by atoms with van der Waals surface area (Å²) in [6, 6.07) is -0.592. The topological polar surface area (TPSA) is 60.9 Å². The highest BCUT2D eigenvalue weighted by molar-refractivity contribution is 5.83. The third kappa shape index (κ3) is 2.69. The molecule has 1 heterocycles. The molecule has 0 radical (unpaired) electrons. The van der Waals surface area contributed by atoms with E-state index in [0.717, 1.165) is 25.7 Å². The van der Waals surface area contributed by atoms with Crippen molar-refractivity contribution in [1.29, 1.82) is 0 Å². The molecule has 19 heavy (non-hydrogen) atoms. The molecular weight excluding hydrogens is 244 g/mol. The van der Waals surface area contributed by atoms with Crippen LogP contribution in [0.15, 0.2) is 0 Å². The van der Waals surface area contributed by atoms with Crippen LogP contribution in [0.5, 0.6) is 0 Å². The molecule has 5 heteroatoms. The molecule has 3 unspecified atom stereocenters. The predicted molar refractivity (Wildman–Crippen MR) is 71.9 cm³/mol. The fourth-order valence-electron chi connectivity index (χ4n) is 3.58. The second kappa shape index (κ2) is 5.80. The number of fused-ring (bicyclic) bond motifs is 1. The van der Waals surface area contributed by atoms with E-state index in [1.165, 1.54) is 6.42 Å². The van der Waals surface area contributed by atoms with Crippen molar-refractivity contribution in [2.75, 3.05) is 13.6 Å². The van der Waals surface area contributed by atoms with Gasteiger partial charge in [0.25, 0.3) is 0 Å². The van der Waals surface area contributed by atoms with Crippen molar-refractivity contribution in [3.8, 4) is 0 Å². The van der Waals surface area contributed by atoms with Crippen LogP contribution in [0.1, 0.15) is 45.4 Å². The Balaban J connectivity index is 2.17. The SMILES string of the molecule is CCCN(C)C(=O)N1C(C(=O)O)CC2CCCCC21. The fourth-order valence-corrected chi connectivity index (χ4v) is 3.58. The van der Waals surface area contributed by atoms with Gasteiger partial charge in [-0.1, -0.05) is 19.8 Å². The number of nitrogens with zero attached hydrogens (tertiary/aromatic N) is 2. The summed E-state index contributed by atoms with van der Waals surface area (Å²) in [6.07, 6.45) is 5.82. The first-order valence-electron chi connectivity index (χ1n) is 7.32. The summed E-state index contributed by atoms with van der Waals surface area (Å²) in [4.78, 5) is 27.2. The molecule has 1 saturated carbocycles. The van der Waals surface area contributed by atoms with Crippen molar-refractivity contribution >= 4 is 12.0 Å². The summed E-state index contributed by atoms with van der Waals surface area (Å²) in [6.45, 7) is 2.70. The second-order valence-electron chi connectivity index (χ2n) is 5.81. The lowest BCUT2D eigenvalue weighted by atomic mass is 9.85. The van der Waals surface area contributed by atoms with E-state index in [9.17, 15) is 14.7 Å². The number of amides is 2. The van der Waals surface area contributed by atoms with Crippen LogP contribution in [0.25, 0.3) is 0 Å². The molecule has 0 aromatic carbocycles. The van der Waals surface area contributed by atoms with Gasteiger partial charge in [-0.15, -0.1) is 0 Å². The molecule has 5 nitrogen and oxygen atoms in total. The number of hydrogen-bond acceptors (Lipinski definition) is 2. The van der Waals surface area contributed by atoms with Crippen molar-refractivity contribution in [1.82, 2.24) is 9.80 Å². The van der Waals surface area contributed by atoms with Gasteiger partial charge in [0.05, 0.1) is 0 Å². The van der Waals surface area contributed by atoms with Crippen LogP contribution < -0.4 is 0 Å². The standard InChI is InChI=1S/C14H24N2O3/c1-3-8-15(2)14(19)16-11-7-5-4-6-10(11)9-12(16)13(17)18/h10-12H,3-9H2,1-2H3,(H,17,18). The van der Waals surface area contributed by atoms with Crippen LogP contribution in [0.3, 0.4) is 0 Å². The number of rotatable bonds is 3. The van der Waals surface area contributed by atoms with Gasteiger partial charge in [-0.05, 0) is 31.6 Å². The Morgan fingerprint density at radius 1 is 1.32 bits per heavy atom. The minimum absolute atomic E-state index is 0.108. The molecule has 1 N–H and O–H groups in total. The van der Waals surface area contributed by atoms with Gasteiger partial charge >= 0.3 is 12.0 Å². The van der Waals surface area contributed by atoms with E-state index in [4.69, 9.17) is 0 Å². The van der Waals surface area contributed by atoms with Gasteiger partial charge in [-0.3, -0.25) is 0 Å². The highest BCUT2D eigenvalue weighted by atomic mass is 16.4. The van der Waals surface area contributed by atoms with Crippen molar-refractivity contribution < 1.29 is 14.7 Å². The molecule has 2 aliphatic rings. The minimum Gasteiger partial charge on any atom is -0.480 e. The number of carbonyl (C=O) groups excluding carboxylic acids is 1. The number of urea groups is 1. The Morgan fingerprint density at radius 3 is 2.63 bits per heavy atom. The molecule has 0 spiro atoms. The van der Waals surface area contributed by atoms with Gasteiger partial charge in [-0.2, -0.15) is 0 Å². The quantitative estimate of drug-likeness (QED) is 0.853. The first-order valence-corrected chi connectivity index (χ1v) is 7.32. The molecule has 1 aliphatic carbocycles. The maximum absolute atomic E-state index is 12.5. The molecule has 0 aromatic rings. The van der Waals surface area contributed by atoms with Gasteiger partial charge in [0.15, 0.2) is 0 Å². The van der Waals surface area contributed by atoms with Crippen LogP contribution in [0, 0.1) is 5.92 Å². The maximum Gasteiger partial charge on any atom is 0.326 e. The normalized spacial score (nSPS) is 30.0. The maximum atomic E-state index is 12.5. The second-order valence-corrected chi connectivity index (χ2v) is 5.81. The third-order valence-corrected chi connectivity index (χ3v) is 4.48. The van der Waals surface area contributed by atoms with Gasteiger partial charge in [0, 0.05) is 19.6 Å². The largest absolute Gasteiger partial charge is 0.480 e. The first-order chi connectivity index (χ1) is 9.06. The average molecular weight is 268 g/mol. The van der Waals surface area contributed by atoms with Crippen molar-refractivity contribution in [2.45, 2.75) is 57.5 Å². The molecule has 3 atom stereocenters. The van der Waals surface area contributed by atoms with Gasteiger partial charge in [-0.25, -0.2) is 9.59 Å². The Kier molecular flexibility index (Phi) is 4.32. The van der Waals surface area contributed by atoms with Crippen molar-refractivity contribution in [3.05, 3.63) is 0 Å².